The second-order valence-electron chi connectivity index (χ2n) is 6.52. The molecule has 0 saturated carbocycles. The Morgan fingerprint density at radius 3 is 2.69 bits per heavy atom. The number of anilines is 1. The maximum absolute atomic E-state index is 12.6. The number of carbonyl (C=O) groups excluding carboxylic acids is 1. The molecule has 0 N–H and O–H groups in total. The van der Waals surface area contributed by atoms with Crippen LogP contribution in [0.2, 0.25) is 5.02 Å². The molecule has 0 bridgehead atoms. The average molecular weight is 440 g/mol. The van der Waals surface area contributed by atoms with Gasteiger partial charge in [0.15, 0.2) is 0 Å². The van der Waals surface area contributed by atoms with Crippen LogP contribution in [0.25, 0.3) is 0 Å². The van der Waals surface area contributed by atoms with Gasteiger partial charge in [-0.2, -0.15) is 5.10 Å². The SMILES string of the molecule is CN=C/C=C\C/C(Cl)=N\N(C)CC(=O)N1CCN(c2ccc(Cl)c(OC)c2)CC1. The van der Waals surface area contributed by atoms with Crippen LogP contribution in [0.3, 0.4) is 0 Å². The molecule has 0 unspecified atom stereocenters. The van der Waals surface area contributed by atoms with Gasteiger partial charge in [0.25, 0.3) is 0 Å². The number of rotatable bonds is 8. The first kappa shape index (κ1) is 23.0. The monoisotopic (exact) mass is 439 g/mol. The smallest absolute Gasteiger partial charge is 0.243 e. The van der Waals surface area contributed by atoms with Crippen LogP contribution >= 0.6 is 23.2 Å². The molecule has 9 heteroatoms. The van der Waals surface area contributed by atoms with E-state index >= 15 is 0 Å². The molecular weight excluding hydrogens is 413 g/mol. The maximum Gasteiger partial charge on any atom is 0.243 e. The van der Waals surface area contributed by atoms with Gasteiger partial charge in [-0.3, -0.25) is 14.8 Å². The summed E-state index contributed by atoms with van der Waals surface area (Å²) in [4.78, 5) is 20.5. The summed E-state index contributed by atoms with van der Waals surface area (Å²) in [5.41, 5.74) is 1.04. The van der Waals surface area contributed by atoms with E-state index in [2.05, 4.69) is 15.0 Å². The third-order valence-electron chi connectivity index (χ3n) is 4.43. The molecule has 0 aromatic heterocycles. The van der Waals surface area contributed by atoms with Gasteiger partial charge in [-0.1, -0.05) is 29.3 Å². The van der Waals surface area contributed by atoms with Gasteiger partial charge in [-0.25, -0.2) is 0 Å². The highest BCUT2D eigenvalue weighted by Gasteiger charge is 2.22. The minimum atomic E-state index is 0.0303. The molecule has 1 heterocycles. The third-order valence-corrected chi connectivity index (χ3v) is 4.98. The van der Waals surface area contributed by atoms with Crippen LogP contribution in [0.15, 0.2) is 40.4 Å². The minimum Gasteiger partial charge on any atom is -0.495 e. The lowest BCUT2D eigenvalue weighted by atomic mass is 10.2. The highest BCUT2D eigenvalue weighted by Crippen LogP contribution is 2.29. The predicted molar refractivity (Wildman–Crippen MR) is 121 cm³/mol. The molecule has 0 radical (unpaired) electrons. The third kappa shape index (κ3) is 7.25. The van der Waals surface area contributed by atoms with Crippen molar-refractivity contribution in [3.8, 4) is 5.75 Å². The molecule has 1 amide bonds. The van der Waals surface area contributed by atoms with Crippen molar-refractivity contribution < 1.29 is 9.53 Å². The van der Waals surface area contributed by atoms with Crippen LogP contribution in [0.1, 0.15) is 6.42 Å². The molecule has 158 valence electrons. The maximum atomic E-state index is 12.6. The first-order chi connectivity index (χ1) is 13.9. The lowest BCUT2D eigenvalue weighted by molar-refractivity contribution is -0.132. The second-order valence-corrected chi connectivity index (χ2v) is 7.36. The van der Waals surface area contributed by atoms with Gasteiger partial charge in [0.05, 0.1) is 12.1 Å². The lowest BCUT2D eigenvalue weighted by Gasteiger charge is -2.36. The van der Waals surface area contributed by atoms with Crippen molar-refractivity contribution in [2.45, 2.75) is 6.42 Å². The number of allylic oxidation sites excluding steroid dienone is 2. The van der Waals surface area contributed by atoms with Crippen molar-refractivity contribution in [1.82, 2.24) is 9.91 Å². The number of hydrazone groups is 1. The number of halogens is 2. The molecule has 1 aromatic carbocycles. The molecule has 29 heavy (non-hydrogen) atoms. The number of amides is 1. The van der Waals surface area contributed by atoms with Crippen molar-refractivity contribution in [1.29, 1.82) is 0 Å². The van der Waals surface area contributed by atoms with Crippen molar-refractivity contribution in [3.63, 3.8) is 0 Å². The predicted octanol–water partition coefficient (Wildman–Crippen LogP) is 3.13. The van der Waals surface area contributed by atoms with E-state index in [-0.39, 0.29) is 12.5 Å². The number of nitrogens with zero attached hydrogens (tertiary/aromatic N) is 5. The summed E-state index contributed by atoms with van der Waals surface area (Å²) in [6.07, 6.45) is 5.84. The summed E-state index contributed by atoms with van der Waals surface area (Å²) < 4.78 is 5.29. The Morgan fingerprint density at radius 2 is 2.03 bits per heavy atom. The van der Waals surface area contributed by atoms with Crippen LogP contribution in [0.5, 0.6) is 5.75 Å². The summed E-state index contributed by atoms with van der Waals surface area (Å²) in [6, 6.07) is 5.72. The number of piperazine rings is 1. The number of ether oxygens (including phenoxy) is 1. The lowest BCUT2D eigenvalue weighted by Crippen LogP contribution is -2.50. The molecule has 1 aliphatic heterocycles. The van der Waals surface area contributed by atoms with E-state index in [0.29, 0.717) is 35.5 Å². The van der Waals surface area contributed by atoms with Gasteiger partial charge < -0.3 is 14.5 Å². The number of carbonyl (C=O) groups is 1. The van der Waals surface area contributed by atoms with Gasteiger partial charge in [-0.05, 0) is 18.2 Å². The first-order valence-electron chi connectivity index (χ1n) is 9.32. The fourth-order valence-corrected chi connectivity index (χ4v) is 3.34. The van der Waals surface area contributed by atoms with Crippen molar-refractivity contribution in [3.05, 3.63) is 35.4 Å². The first-order valence-corrected chi connectivity index (χ1v) is 10.1. The number of methoxy groups -OCH3 is 1. The van der Waals surface area contributed by atoms with Crippen LogP contribution in [0.4, 0.5) is 5.69 Å². The Bertz CT molecular complexity index is 774. The minimum absolute atomic E-state index is 0.0303. The van der Waals surface area contributed by atoms with E-state index in [1.54, 1.807) is 38.5 Å². The zero-order chi connectivity index (χ0) is 21.2. The van der Waals surface area contributed by atoms with E-state index < -0.39 is 0 Å². The normalized spacial score (nSPS) is 15.4. The number of hydrogen-bond donors (Lipinski definition) is 0. The van der Waals surface area contributed by atoms with E-state index in [4.69, 9.17) is 27.9 Å². The van der Waals surface area contributed by atoms with Crippen LogP contribution in [-0.2, 0) is 4.79 Å². The molecule has 0 spiro atoms. The Labute approximate surface area is 182 Å². The van der Waals surface area contributed by atoms with E-state index in [1.807, 2.05) is 29.2 Å². The zero-order valence-corrected chi connectivity index (χ0v) is 18.5. The second kappa shape index (κ2) is 11.7. The average Bonchev–Trinajstić information content (AvgIpc) is 2.71. The van der Waals surface area contributed by atoms with Gasteiger partial charge in [-0.15, -0.1) is 0 Å². The summed E-state index contributed by atoms with van der Waals surface area (Å²) in [6.45, 7) is 2.97. The number of hydrogen-bond acceptors (Lipinski definition) is 6. The van der Waals surface area contributed by atoms with E-state index in [9.17, 15) is 4.79 Å². The molecule has 1 fully saturated rings. The summed E-state index contributed by atoms with van der Waals surface area (Å²) in [7, 11) is 5.04. The Hall–Kier alpha value is -2.25. The van der Waals surface area contributed by atoms with Gasteiger partial charge in [0.2, 0.25) is 5.91 Å². The highest BCUT2D eigenvalue weighted by atomic mass is 35.5. The standard InChI is InChI=1S/C20H27Cl2N5O2/c1-23-9-5-4-6-19(22)24-25(2)15-20(28)27-12-10-26(11-13-27)16-7-8-17(21)18(14-16)29-3/h4-5,7-9,14H,6,10-13,15H2,1-3H3/b5-4-,23-9?,24-19+. The quantitative estimate of drug-likeness (QED) is 0.461. The van der Waals surface area contributed by atoms with Gasteiger partial charge in [0.1, 0.15) is 17.5 Å². The molecule has 1 saturated heterocycles. The fourth-order valence-electron chi connectivity index (χ4n) is 2.93. The van der Waals surface area contributed by atoms with Gasteiger partial charge >= 0.3 is 0 Å². The molecule has 1 aromatic rings. The van der Waals surface area contributed by atoms with Crippen LogP contribution in [-0.4, -0.2) is 81.1 Å². The number of aliphatic imine (C=N–C) groups is 1. The molecule has 0 atom stereocenters. The number of benzene rings is 1. The summed E-state index contributed by atoms with van der Waals surface area (Å²) in [5.74, 6) is 0.679. The molecule has 1 aliphatic rings. The Balaban J connectivity index is 1.83. The highest BCUT2D eigenvalue weighted by molar-refractivity contribution is 6.65. The summed E-state index contributed by atoms with van der Waals surface area (Å²) in [5, 5.41) is 6.81. The van der Waals surface area contributed by atoms with E-state index in [0.717, 1.165) is 18.8 Å². The Kier molecular flexibility index (Phi) is 9.28. The van der Waals surface area contributed by atoms with Crippen molar-refractivity contribution in [2.75, 3.05) is 58.8 Å². The fraction of sp³-hybridized carbons (Fsp3) is 0.450. The Morgan fingerprint density at radius 1 is 1.31 bits per heavy atom. The number of likely N-dealkylation sites (N-methyl/N-ethyl adjacent to an activating group) is 1. The zero-order valence-electron chi connectivity index (χ0n) is 17.0. The molecule has 0 aliphatic carbocycles. The molecule has 7 nitrogen and oxygen atoms in total. The van der Waals surface area contributed by atoms with Gasteiger partial charge in [0, 0.05) is 64.7 Å². The largest absolute Gasteiger partial charge is 0.495 e. The molecule has 2 rings (SSSR count). The van der Waals surface area contributed by atoms with Crippen molar-refractivity contribution in [2.24, 2.45) is 10.1 Å². The van der Waals surface area contributed by atoms with Crippen LogP contribution < -0.4 is 9.64 Å². The van der Waals surface area contributed by atoms with Crippen molar-refractivity contribution >= 4 is 46.2 Å². The summed E-state index contributed by atoms with van der Waals surface area (Å²) >= 11 is 12.2. The molecular formula is C20H27Cl2N5O2. The van der Waals surface area contributed by atoms with Crippen LogP contribution in [0, 0.1) is 0 Å². The topological polar surface area (TPSA) is 60.7 Å². The van der Waals surface area contributed by atoms with E-state index in [1.165, 1.54) is 0 Å².